The van der Waals surface area contributed by atoms with Crippen LogP contribution in [-0.2, 0) is 19.1 Å². The molecular weight excluding hydrogens is 456 g/mol. The van der Waals surface area contributed by atoms with Gasteiger partial charge in [0.05, 0.1) is 19.9 Å². The highest BCUT2D eigenvalue weighted by Gasteiger charge is 2.54. The minimum absolute atomic E-state index is 0.0279. The molecule has 0 radical (unpaired) electrons. The number of rotatable bonds is 5. The summed E-state index contributed by atoms with van der Waals surface area (Å²) in [6.07, 6.45) is 4.47. The van der Waals surface area contributed by atoms with Crippen molar-refractivity contribution < 1.29 is 19.1 Å². The van der Waals surface area contributed by atoms with E-state index in [1.54, 1.807) is 15.9 Å². The van der Waals surface area contributed by atoms with Crippen LogP contribution >= 0.6 is 0 Å². The number of nitrogens with zero attached hydrogens (tertiary/aromatic N) is 4. The molecule has 188 valence electrons. The first-order valence-electron chi connectivity index (χ1n) is 12.6. The molecule has 8 nitrogen and oxygen atoms in total. The molecule has 0 bridgehead atoms. The number of carbonyl (C=O) groups excluding carboxylic acids is 3. The Labute approximate surface area is 211 Å². The summed E-state index contributed by atoms with van der Waals surface area (Å²) in [5.74, 6) is -0.125. The number of likely N-dealkylation sites (tertiary alicyclic amines) is 1. The molecule has 3 aliphatic rings. The largest absolute Gasteiger partial charge is 0.378 e. The second-order valence-corrected chi connectivity index (χ2v) is 9.50. The van der Waals surface area contributed by atoms with Gasteiger partial charge in [0.25, 0.3) is 5.91 Å². The smallest absolute Gasteiger partial charge is 0.250 e. The Hall–Kier alpha value is -3.65. The fourth-order valence-electron chi connectivity index (χ4n) is 5.33. The van der Waals surface area contributed by atoms with Crippen molar-refractivity contribution in [3.8, 4) is 0 Å². The first-order chi connectivity index (χ1) is 17.6. The van der Waals surface area contributed by atoms with Crippen LogP contribution in [0.2, 0.25) is 0 Å². The number of morpholine rings is 1. The number of piperidine rings is 1. The third kappa shape index (κ3) is 4.86. The van der Waals surface area contributed by atoms with Gasteiger partial charge in [0, 0.05) is 37.9 Å². The van der Waals surface area contributed by atoms with E-state index in [-0.39, 0.29) is 24.3 Å². The van der Waals surface area contributed by atoms with E-state index in [0.717, 1.165) is 11.3 Å². The Morgan fingerprint density at radius 3 is 2.17 bits per heavy atom. The van der Waals surface area contributed by atoms with Gasteiger partial charge in [0.15, 0.2) is 0 Å². The molecular formula is C28H32N4O4. The summed E-state index contributed by atoms with van der Waals surface area (Å²) in [5.41, 5.74) is 1.17. The molecule has 2 aromatic carbocycles. The third-order valence-electron chi connectivity index (χ3n) is 7.39. The van der Waals surface area contributed by atoms with Gasteiger partial charge in [0.2, 0.25) is 11.8 Å². The lowest BCUT2D eigenvalue weighted by Gasteiger charge is -2.43. The van der Waals surface area contributed by atoms with Crippen LogP contribution in [-0.4, -0.2) is 90.6 Å². The lowest BCUT2D eigenvalue weighted by molar-refractivity contribution is -0.143. The summed E-state index contributed by atoms with van der Waals surface area (Å²) < 4.78 is 5.36. The third-order valence-corrected chi connectivity index (χ3v) is 7.39. The van der Waals surface area contributed by atoms with Gasteiger partial charge in [-0.3, -0.25) is 14.4 Å². The number of amides is 3. The molecule has 3 amide bonds. The highest BCUT2D eigenvalue weighted by molar-refractivity contribution is 5.97. The van der Waals surface area contributed by atoms with Crippen molar-refractivity contribution >= 4 is 29.5 Å². The summed E-state index contributed by atoms with van der Waals surface area (Å²) in [6.45, 7) is 3.57. The van der Waals surface area contributed by atoms with Crippen molar-refractivity contribution in [3.05, 3.63) is 72.3 Å². The van der Waals surface area contributed by atoms with E-state index >= 15 is 0 Å². The number of anilines is 1. The van der Waals surface area contributed by atoms with Crippen molar-refractivity contribution in [2.24, 2.45) is 0 Å². The molecule has 2 aromatic rings. The maximum absolute atomic E-state index is 13.8. The molecule has 3 saturated heterocycles. The predicted molar refractivity (Wildman–Crippen MR) is 137 cm³/mol. The van der Waals surface area contributed by atoms with Crippen molar-refractivity contribution in [1.82, 2.24) is 14.7 Å². The number of ether oxygens (including phenoxy) is 1. The van der Waals surface area contributed by atoms with E-state index in [1.165, 1.54) is 0 Å². The lowest BCUT2D eigenvalue weighted by atomic mass is 9.85. The van der Waals surface area contributed by atoms with Crippen LogP contribution in [0.4, 0.5) is 5.69 Å². The molecule has 0 unspecified atom stereocenters. The summed E-state index contributed by atoms with van der Waals surface area (Å²) in [5, 5.41) is 0. The molecule has 1 spiro atoms. The van der Waals surface area contributed by atoms with Crippen LogP contribution in [0.25, 0.3) is 6.08 Å². The van der Waals surface area contributed by atoms with Crippen molar-refractivity contribution in [2.75, 3.05) is 57.5 Å². The van der Waals surface area contributed by atoms with Gasteiger partial charge in [-0.25, -0.2) is 0 Å². The second-order valence-electron chi connectivity index (χ2n) is 9.50. The molecule has 5 rings (SSSR count). The van der Waals surface area contributed by atoms with E-state index in [4.69, 9.17) is 4.74 Å². The average molecular weight is 489 g/mol. The molecule has 0 saturated carbocycles. The van der Waals surface area contributed by atoms with Crippen LogP contribution in [0.3, 0.4) is 0 Å². The Bertz CT molecular complexity index is 1110. The molecule has 3 heterocycles. The highest BCUT2D eigenvalue weighted by Crippen LogP contribution is 2.39. The lowest BCUT2D eigenvalue weighted by Crippen LogP contribution is -2.57. The van der Waals surface area contributed by atoms with Crippen LogP contribution in [0.15, 0.2) is 66.7 Å². The summed E-state index contributed by atoms with van der Waals surface area (Å²) in [7, 11) is 0. The zero-order valence-corrected chi connectivity index (χ0v) is 20.4. The van der Waals surface area contributed by atoms with E-state index in [1.807, 2.05) is 71.6 Å². The van der Waals surface area contributed by atoms with E-state index in [2.05, 4.69) is 4.90 Å². The summed E-state index contributed by atoms with van der Waals surface area (Å²) >= 11 is 0. The van der Waals surface area contributed by atoms with Gasteiger partial charge in [-0.2, -0.15) is 0 Å². The Morgan fingerprint density at radius 2 is 1.50 bits per heavy atom. The molecule has 0 N–H and O–H groups in total. The maximum atomic E-state index is 13.8. The van der Waals surface area contributed by atoms with Crippen LogP contribution < -0.4 is 4.90 Å². The maximum Gasteiger partial charge on any atom is 0.250 e. The molecule has 0 aromatic heterocycles. The normalized spacial score (nSPS) is 19.9. The quantitative estimate of drug-likeness (QED) is 0.604. The predicted octanol–water partition coefficient (Wildman–Crippen LogP) is 2.23. The van der Waals surface area contributed by atoms with E-state index in [9.17, 15) is 14.4 Å². The number of benzene rings is 2. The standard InChI is InChI=1S/C28H32N4O4/c33-25(12-11-23-7-3-1-4-8-23)29-15-13-28(14-16-29)27(35)31(21-26(34)30-17-19-36-20-18-30)22-32(28)24-9-5-2-6-10-24/h1-12H,13-22H2. The van der Waals surface area contributed by atoms with Crippen molar-refractivity contribution in [3.63, 3.8) is 0 Å². The SMILES string of the molecule is O=C(C=Cc1ccccc1)N1CCC2(CC1)C(=O)N(CC(=O)N1CCOCC1)CN2c1ccccc1. The van der Waals surface area contributed by atoms with E-state index in [0.29, 0.717) is 58.9 Å². The van der Waals surface area contributed by atoms with Gasteiger partial charge in [-0.05, 0) is 36.6 Å². The fraction of sp³-hybridized carbons (Fsp3) is 0.393. The highest BCUT2D eigenvalue weighted by atomic mass is 16.5. The Morgan fingerprint density at radius 1 is 0.861 bits per heavy atom. The van der Waals surface area contributed by atoms with Crippen molar-refractivity contribution in [2.45, 2.75) is 18.4 Å². The van der Waals surface area contributed by atoms with Crippen LogP contribution in [0, 0.1) is 0 Å². The Balaban J connectivity index is 1.30. The number of para-hydroxylation sites is 1. The number of hydrogen-bond acceptors (Lipinski definition) is 5. The zero-order valence-electron chi connectivity index (χ0n) is 20.4. The topological polar surface area (TPSA) is 73.4 Å². The minimum atomic E-state index is -0.757. The molecule has 3 aliphatic heterocycles. The van der Waals surface area contributed by atoms with Crippen molar-refractivity contribution in [1.29, 1.82) is 0 Å². The monoisotopic (exact) mass is 488 g/mol. The molecule has 8 heteroatoms. The molecule has 0 atom stereocenters. The van der Waals surface area contributed by atoms with Gasteiger partial charge in [0.1, 0.15) is 12.1 Å². The fourth-order valence-corrected chi connectivity index (χ4v) is 5.33. The van der Waals surface area contributed by atoms with Crippen LogP contribution in [0.5, 0.6) is 0 Å². The molecule has 3 fully saturated rings. The number of hydrogen-bond donors (Lipinski definition) is 0. The van der Waals surface area contributed by atoms with Gasteiger partial charge in [-0.15, -0.1) is 0 Å². The first kappa shape index (κ1) is 24.1. The minimum Gasteiger partial charge on any atom is -0.378 e. The summed E-state index contributed by atoms with van der Waals surface area (Å²) in [6, 6.07) is 19.6. The number of carbonyl (C=O) groups is 3. The summed E-state index contributed by atoms with van der Waals surface area (Å²) in [4.78, 5) is 47.0. The van der Waals surface area contributed by atoms with E-state index < -0.39 is 5.54 Å². The van der Waals surface area contributed by atoms with Gasteiger partial charge >= 0.3 is 0 Å². The first-order valence-corrected chi connectivity index (χ1v) is 12.6. The van der Waals surface area contributed by atoms with Gasteiger partial charge in [-0.1, -0.05) is 48.5 Å². The second kappa shape index (κ2) is 10.5. The van der Waals surface area contributed by atoms with Gasteiger partial charge < -0.3 is 24.3 Å². The molecule has 36 heavy (non-hydrogen) atoms. The average Bonchev–Trinajstić information content (AvgIpc) is 3.19. The molecule has 0 aliphatic carbocycles. The van der Waals surface area contributed by atoms with Crippen LogP contribution in [0.1, 0.15) is 18.4 Å². The Kier molecular flexibility index (Phi) is 7.04. The zero-order chi connectivity index (χ0) is 25.0.